The second-order valence-corrected chi connectivity index (χ2v) is 4.45. The Morgan fingerprint density at radius 2 is 1.60 bits per heavy atom. The molecule has 1 heterocycles. The predicted molar refractivity (Wildman–Crippen MR) is 71.1 cm³/mol. The molecule has 0 bridgehead atoms. The van der Waals surface area contributed by atoms with E-state index < -0.39 is 0 Å². The lowest BCUT2D eigenvalue weighted by Crippen LogP contribution is -1.77. The van der Waals surface area contributed by atoms with Gasteiger partial charge in [0.2, 0.25) is 0 Å². The van der Waals surface area contributed by atoms with Crippen molar-refractivity contribution >= 4 is 47.2 Å². The second-order valence-electron chi connectivity index (χ2n) is 3.53. The van der Waals surface area contributed by atoms with Gasteiger partial charge in [0.25, 0.3) is 0 Å². The van der Waals surface area contributed by atoms with E-state index >= 15 is 0 Å². The zero-order valence-electron chi connectivity index (χ0n) is 7.88. The summed E-state index contributed by atoms with van der Waals surface area (Å²) < 4.78 is 1.91. The molecule has 1 nitrogen and oxygen atoms in total. The minimum Gasteiger partial charge on any atom is -0.286 e. The van der Waals surface area contributed by atoms with Crippen molar-refractivity contribution < 1.29 is 0 Å². The maximum Gasteiger partial charge on any atom is 0.0603 e. The third-order valence-electron chi connectivity index (χ3n) is 2.63. The van der Waals surface area contributed by atoms with Crippen molar-refractivity contribution in [2.45, 2.75) is 4.90 Å². The first kappa shape index (κ1) is 9.19. The van der Waals surface area contributed by atoms with Crippen molar-refractivity contribution in [3.63, 3.8) is 0 Å². The zero-order chi connectivity index (χ0) is 10.4. The van der Waals surface area contributed by atoms with Crippen LogP contribution in [0.3, 0.4) is 0 Å². The lowest BCUT2D eigenvalue weighted by Gasteiger charge is -1.95. The number of fused-ring (bicyclic) bond motifs is 3. The number of para-hydroxylation sites is 1. The molecule has 0 fully saturated rings. The van der Waals surface area contributed by atoms with Crippen LogP contribution in [0.15, 0.2) is 47.4 Å². The normalized spacial score (nSPS) is 11.3. The van der Waals surface area contributed by atoms with E-state index in [1.807, 2.05) is 28.2 Å². The van der Waals surface area contributed by atoms with Crippen LogP contribution in [-0.4, -0.2) is 3.97 Å². The maximum atomic E-state index is 4.49. The zero-order valence-corrected chi connectivity index (χ0v) is 9.67. The van der Waals surface area contributed by atoms with E-state index in [0.717, 1.165) is 15.9 Å². The Morgan fingerprint density at radius 3 is 2.47 bits per heavy atom. The molecule has 0 aliphatic rings. The van der Waals surface area contributed by atoms with Gasteiger partial charge in [-0.15, -0.1) is 12.6 Å². The van der Waals surface area contributed by atoms with Gasteiger partial charge in [-0.2, -0.15) is 0 Å². The van der Waals surface area contributed by atoms with Crippen molar-refractivity contribution in [2.75, 3.05) is 0 Å². The standard InChI is InChI=1S/C12H9NS2/c14-8-5-6-12-10(7-8)9-3-1-2-4-11(9)13(12)15/h1-7,14-15H. The molecule has 0 saturated carbocycles. The molecule has 1 aromatic heterocycles. The summed E-state index contributed by atoms with van der Waals surface area (Å²) in [6, 6.07) is 14.4. The SMILES string of the molecule is Sc1ccc2c(c1)c1ccccc1n2S. The Morgan fingerprint density at radius 1 is 0.867 bits per heavy atom. The van der Waals surface area contributed by atoms with Crippen LogP contribution in [-0.2, 0) is 0 Å². The lowest BCUT2D eigenvalue weighted by atomic mass is 10.1. The molecule has 0 N–H and O–H groups in total. The van der Waals surface area contributed by atoms with Crippen molar-refractivity contribution in [3.8, 4) is 0 Å². The van der Waals surface area contributed by atoms with Crippen LogP contribution in [0.2, 0.25) is 0 Å². The number of thiol groups is 2. The van der Waals surface area contributed by atoms with E-state index in [2.05, 4.69) is 43.6 Å². The number of rotatable bonds is 0. The smallest absolute Gasteiger partial charge is 0.0603 e. The average Bonchev–Trinajstić information content (AvgIpc) is 2.54. The fraction of sp³-hybridized carbons (Fsp3) is 0. The summed E-state index contributed by atoms with van der Waals surface area (Å²) in [5.41, 5.74) is 2.26. The van der Waals surface area contributed by atoms with Crippen LogP contribution in [0.5, 0.6) is 0 Å². The van der Waals surface area contributed by atoms with E-state index in [-0.39, 0.29) is 0 Å². The third-order valence-corrected chi connectivity index (χ3v) is 3.34. The highest BCUT2D eigenvalue weighted by atomic mass is 32.1. The molecular weight excluding hydrogens is 222 g/mol. The molecule has 0 atom stereocenters. The minimum atomic E-state index is 0.979. The Kier molecular flexibility index (Phi) is 1.97. The predicted octanol–water partition coefficient (Wildman–Crippen LogP) is 3.78. The van der Waals surface area contributed by atoms with Gasteiger partial charge in [0, 0.05) is 15.7 Å². The van der Waals surface area contributed by atoms with Gasteiger partial charge in [-0.1, -0.05) is 31.0 Å². The average molecular weight is 231 g/mol. The summed E-state index contributed by atoms with van der Waals surface area (Å²) in [5.74, 6) is 0. The van der Waals surface area contributed by atoms with Crippen LogP contribution in [0.4, 0.5) is 0 Å². The molecule has 0 amide bonds. The molecule has 0 radical (unpaired) electrons. The molecule has 0 saturated heterocycles. The molecule has 3 heteroatoms. The third kappa shape index (κ3) is 1.27. The van der Waals surface area contributed by atoms with Gasteiger partial charge in [0.15, 0.2) is 0 Å². The summed E-state index contributed by atoms with van der Waals surface area (Å²) in [6.45, 7) is 0. The van der Waals surface area contributed by atoms with E-state index in [1.54, 1.807) is 0 Å². The molecule has 0 unspecified atom stereocenters. The summed E-state index contributed by atoms with van der Waals surface area (Å²) in [4.78, 5) is 0.979. The quantitative estimate of drug-likeness (QED) is 0.543. The Hall–Kier alpha value is -1.06. The summed E-state index contributed by atoms with van der Waals surface area (Å²) in [5, 5.41) is 2.42. The van der Waals surface area contributed by atoms with Gasteiger partial charge < -0.3 is 0 Å². The van der Waals surface area contributed by atoms with Crippen LogP contribution in [0.1, 0.15) is 0 Å². The molecule has 3 rings (SSSR count). The van der Waals surface area contributed by atoms with E-state index in [4.69, 9.17) is 0 Å². The van der Waals surface area contributed by atoms with E-state index in [9.17, 15) is 0 Å². The maximum absolute atomic E-state index is 4.49. The number of hydrogen-bond donors (Lipinski definition) is 2. The van der Waals surface area contributed by atoms with Crippen LogP contribution < -0.4 is 0 Å². The van der Waals surface area contributed by atoms with Crippen molar-refractivity contribution in [1.82, 2.24) is 3.97 Å². The molecule has 15 heavy (non-hydrogen) atoms. The molecule has 2 aromatic carbocycles. The van der Waals surface area contributed by atoms with Gasteiger partial charge in [0.05, 0.1) is 11.0 Å². The van der Waals surface area contributed by atoms with Crippen LogP contribution in [0.25, 0.3) is 21.8 Å². The molecule has 0 spiro atoms. The van der Waals surface area contributed by atoms with Crippen LogP contribution in [0, 0.1) is 0 Å². The summed E-state index contributed by atoms with van der Waals surface area (Å²) in [6.07, 6.45) is 0. The minimum absolute atomic E-state index is 0.979. The van der Waals surface area contributed by atoms with Gasteiger partial charge in [-0.25, -0.2) is 0 Å². The molecule has 0 aliphatic heterocycles. The Labute approximate surface area is 98.7 Å². The number of aromatic nitrogens is 1. The number of nitrogens with zero attached hydrogens (tertiary/aromatic N) is 1. The fourth-order valence-electron chi connectivity index (χ4n) is 1.94. The van der Waals surface area contributed by atoms with E-state index in [1.165, 1.54) is 10.8 Å². The van der Waals surface area contributed by atoms with Gasteiger partial charge >= 0.3 is 0 Å². The molecule has 74 valence electrons. The Balaban J connectivity index is 2.64. The topological polar surface area (TPSA) is 4.93 Å². The second kappa shape index (κ2) is 3.22. The fourth-order valence-corrected chi connectivity index (χ4v) is 2.49. The van der Waals surface area contributed by atoms with E-state index in [0.29, 0.717) is 0 Å². The molecule has 3 aromatic rings. The summed E-state index contributed by atoms with van der Waals surface area (Å²) >= 11 is 8.85. The highest BCUT2D eigenvalue weighted by molar-refractivity contribution is 7.80. The monoisotopic (exact) mass is 231 g/mol. The summed E-state index contributed by atoms with van der Waals surface area (Å²) in [7, 11) is 0. The highest BCUT2D eigenvalue weighted by Crippen LogP contribution is 2.30. The molecular formula is C12H9NS2. The number of hydrogen-bond acceptors (Lipinski definition) is 2. The largest absolute Gasteiger partial charge is 0.286 e. The van der Waals surface area contributed by atoms with Crippen molar-refractivity contribution in [2.24, 2.45) is 0 Å². The van der Waals surface area contributed by atoms with Gasteiger partial charge in [0.1, 0.15) is 0 Å². The van der Waals surface area contributed by atoms with Crippen molar-refractivity contribution in [3.05, 3.63) is 42.5 Å². The van der Waals surface area contributed by atoms with Crippen molar-refractivity contribution in [1.29, 1.82) is 0 Å². The highest BCUT2D eigenvalue weighted by Gasteiger charge is 2.07. The number of benzene rings is 2. The first-order valence-electron chi connectivity index (χ1n) is 4.69. The van der Waals surface area contributed by atoms with Gasteiger partial charge in [-0.05, 0) is 24.3 Å². The first-order valence-corrected chi connectivity index (χ1v) is 5.53. The Bertz CT molecular complexity index is 655. The first-order chi connectivity index (χ1) is 7.27. The lowest BCUT2D eigenvalue weighted by molar-refractivity contribution is 1.42. The van der Waals surface area contributed by atoms with Gasteiger partial charge in [-0.3, -0.25) is 3.97 Å². The molecule has 0 aliphatic carbocycles. The van der Waals surface area contributed by atoms with Crippen LogP contribution >= 0.6 is 25.4 Å².